The van der Waals surface area contributed by atoms with Gasteiger partial charge in [0.05, 0.1) is 18.4 Å². The lowest BCUT2D eigenvalue weighted by molar-refractivity contribution is -0.120. The molecule has 0 bridgehead atoms. The summed E-state index contributed by atoms with van der Waals surface area (Å²) in [6.45, 7) is 1.29. The first-order chi connectivity index (χ1) is 12.2. The zero-order valence-electron chi connectivity index (χ0n) is 13.9. The Morgan fingerprint density at radius 1 is 1.12 bits per heavy atom. The first-order valence-corrected chi connectivity index (χ1v) is 9.00. The molecule has 1 aromatic carbocycles. The van der Waals surface area contributed by atoms with Gasteiger partial charge in [0.15, 0.2) is 0 Å². The number of thiophene rings is 1. The summed E-state index contributed by atoms with van der Waals surface area (Å²) in [7, 11) is 1.38. The quantitative estimate of drug-likeness (QED) is 0.826. The van der Waals surface area contributed by atoms with Crippen LogP contribution < -0.4 is 5.32 Å². The maximum absolute atomic E-state index is 12.1. The summed E-state index contributed by atoms with van der Waals surface area (Å²) in [5.74, 6) is -0.662. The van der Waals surface area contributed by atoms with Crippen molar-refractivity contribution in [2.45, 2.75) is 18.9 Å². The lowest BCUT2D eigenvalue weighted by Gasteiger charge is -2.31. The van der Waals surface area contributed by atoms with Gasteiger partial charge in [-0.3, -0.25) is 0 Å². The summed E-state index contributed by atoms with van der Waals surface area (Å²) in [5, 5.41) is 6.96. The van der Waals surface area contributed by atoms with Crippen molar-refractivity contribution in [1.82, 2.24) is 5.06 Å². The molecular weight excluding hydrogens is 340 g/mol. The average Bonchev–Trinajstić information content (AvgIpc) is 3.11. The monoisotopic (exact) mass is 360 g/mol. The highest BCUT2D eigenvalue weighted by Gasteiger charge is 2.24. The molecule has 25 heavy (non-hydrogen) atoms. The van der Waals surface area contributed by atoms with E-state index in [1.54, 1.807) is 17.2 Å². The second kappa shape index (κ2) is 8.13. The van der Waals surface area contributed by atoms with Gasteiger partial charge >= 0.3 is 11.9 Å². The van der Waals surface area contributed by atoms with E-state index < -0.39 is 0 Å². The zero-order valence-corrected chi connectivity index (χ0v) is 14.8. The van der Waals surface area contributed by atoms with E-state index in [2.05, 4.69) is 5.32 Å². The minimum atomic E-state index is -0.335. The largest absolute Gasteiger partial charge is 0.465 e. The lowest BCUT2D eigenvalue weighted by Crippen LogP contribution is -2.40. The normalized spacial score (nSPS) is 15.6. The maximum Gasteiger partial charge on any atom is 0.357 e. The number of nitrogens with one attached hydrogen (secondary N) is 1. The van der Waals surface area contributed by atoms with Gasteiger partial charge in [0.25, 0.3) is 0 Å². The van der Waals surface area contributed by atoms with Crippen LogP contribution in [0.15, 0.2) is 41.8 Å². The zero-order chi connectivity index (χ0) is 17.6. The number of hydrogen-bond acceptors (Lipinski definition) is 7. The molecular formula is C18H20N2O4S. The Hall–Kier alpha value is -2.38. The first-order valence-electron chi connectivity index (χ1n) is 8.12. The summed E-state index contributed by atoms with van der Waals surface area (Å²) in [4.78, 5) is 29.8. The number of hydrogen-bond donors (Lipinski definition) is 1. The third kappa shape index (κ3) is 4.37. The topological polar surface area (TPSA) is 67.9 Å². The third-order valence-electron chi connectivity index (χ3n) is 4.07. The second-order valence-electron chi connectivity index (χ2n) is 5.75. The molecule has 7 heteroatoms. The number of hydroxylamine groups is 2. The number of carbonyl (C=O) groups excluding carboxylic acids is 2. The van der Waals surface area contributed by atoms with Crippen LogP contribution in [0.3, 0.4) is 0 Å². The molecule has 1 aromatic heterocycles. The SMILES string of the molecule is COC(=O)c1sccc1NC1CCN(OC(=O)c2ccccc2)CC1. The van der Waals surface area contributed by atoms with Crippen molar-refractivity contribution in [3.63, 3.8) is 0 Å². The Morgan fingerprint density at radius 3 is 2.52 bits per heavy atom. The highest BCUT2D eigenvalue weighted by Crippen LogP contribution is 2.26. The fraction of sp³-hybridized carbons (Fsp3) is 0.333. The van der Waals surface area contributed by atoms with Crippen LogP contribution in [0, 0.1) is 0 Å². The summed E-state index contributed by atoms with van der Waals surface area (Å²) < 4.78 is 4.79. The van der Waals surface area contributed by atoms with Gasteiger partial charge in [-0.2, -0.15) is 0 Å². The van der Waals surface area contributed by atoms with E-state index in [4.69, 9.17) is 9.57 Å². The minimum absolute atomic E-state index is 0.227. The van der Waals surface area contributed by atoms with E-state index in [9.17, 15) is 9.59 Å². The van der Waals surface area contributed by atoms with Gasteiger partial charge in [0.1, 0.15) is 4.88 Å². The molecule has 1 saturated heterocycles. The van der Waals surface area contributed by atoms with Gasteiger partial charge in [-0.15, -0.1) is 16.4 Å². The molecule has 6 nitrogen and oxygen atoms in total. The van der Waals surface area contributed by atoms with Crippen molar-refractivity contribution in [2.24, 2.45) is 0 Å². The highest BCUT2D eigenvalue weighted by molar-refractivity contribution is 7.12. The van der Waals surface area contributed by atoms with E-state index in [0.717, 1.165) is 18.5 Å². The molecule has 0 atom stereocenters. The van der Waals surface area contributed by atoms with Gasteiger partial charge in [-0.05, 0) is 36.4 Å². The Balaban J connectivity index is 1.50. The Labute approximate surface area is 150 Å². The van der Waals surface area contributed by atoms with E-state index in [-0.39, 0.29) is 18.0 Å². The Kier molecular flexibility index (Phi) is 5.67. The Morgan fingerprint density at radius 2 is 1.84 bits per heavy atom. The number of nitrogens with zero attached hydrogens (tertiary/aromatic N) is 1. The molecule has 2 aromatic rings. The first kappa shape index (κ1) is 17.4. The third-order valence-corrected chi connectivity index (χ3v) is 4.97. The molecule has 1 fully saturated rings. The van der Waals surface area contributed by atoms with Crippen molar-refractivity contribution in [3.8, 4) is 0 Å². The van der Waals surface area contributed by atoms with Gasteiger partial charge in [-0.25, -0.2) is 9.59 Å². The highest BCUT2D eigenvalue weighted by atomic mass is 32.1. The van der Waals surface area contributed by atoms with Gasteiger partial charge in [0, 0.05) is 19.1 Å². The van der Waals surface area contributed by atoms with Crippen molar-refractivity contribution in [3.05, 3.63) is 52.2 Å². The molecule has 1 aliphatic heterocycles. The van der Waals surface area contributed by atoms with Gasteiger partial charge in [0.2, 0.25) is 0 Å². The number of ether oxygens (including phenoxy) is 1. The smallest absolute Gasteiger partial charge is 0.357 e. The predicted octanol–water partition coefficient (Wildman–Crippen LogP) is 3.18. The standard InChI is InChI=1S/C18H20N2O4S/c1-23-18(22)16-15(9-12-25-16)19-14-7-10-20(11-8-14)24-17(21)13-5-3-2-4-6-13/h2-6,9,12,14,19H,7-8,10-11H2,1H3. The van der Waals surface area contributed by atoms with E-state index >= 15 is 0 Å². The van der Waals surface area contributed by atoms with Crippen LogP contribution >= 0.6 is 11.3 Å². The molecule has 0 amide bonds. The number of carbonyl (C=O) groups is 2. The summed E-state index contributed by atoms with van der Waals surface area (Å²) in [6.07, 6.45) is 1.64. The number of anilines is 1. The average molecular weight is 360 g/mol. The Bertz CT molecular complexity index is 724. The summed E-state index contributed by atoms with van der Waals surface area (Å²) >= 11 is 1.36. The number of methoxy groups -OCH3 is 1. The lowest BCUT2D eigenvalue weighted by atomic mass is 10.1. The van der Waals surface area contributed by atoms with Crippen molar-refractivity contribution in [2.75, 3.05) is 25.5 Å². The summed E-state index contributed by atoms with van der Waals surface area (Å²) in [5.41, 5.74) is 1.35. The molecule has 1 aliphatic rings. The minimum Gasteiger partial charge on any atom is -0.465 e. The van der Waals surface area contributed by atoms with Crippen LogP contribution in [-0.4, -0.2) is 43.2 Å². The van der Waals surface area contributed by atoms with Gasteiger partial charge < -0.3 is 14.9 Å². The number of piperidine rings is 1. The fourth-order valence-corrected chi connectivity index (χ4v) is 3.50. The van der Waals surface area contributed by atoms with Crippen LogP contribution in [-0.2, 0) is 9.57 Å². The molecule has 0 radical (unpaired) electrons. The molecule has 0 aliphatic carbocycles. The van der Waals surface area contributed by atoms with E-state index in [1.807, 2.05) is 29.6 Å². The molecule has 132 valence electrons. The van der Waals surface area contributed by atoms with Crippen LogP contribution in [0.4, 0.5) is 5.69 Å². The molecule has 2 heterocycles. The molecule has 0 spiro atoms. The van der Waals surface area contributed by atoms with Crippen LogP contribution in [0.5, 0.6) is 0 Å². The van der Waals surface area contributed by atoms with Crippen LogP contribution in [0.25, 0.3) is 0 Å². The molecule has 1 N–H and O–H groups in total. The van der Waals surface area contributed by atoms with Gasteiger partial charge in [-0.1, -0.05) is 18.2 Å². The van der Waals surface area contributed by atoms with E-state index in [1.165, 1.54) is 18.4 Å². The molecule has 0 saturated carbocycles. The molecule has 0 unspecified atom stereocenters. The number of benzene rings is 1. The molecule has 3 rings (SSSR count). The van der Waals surface area contributed by atoms with Crippen molar-refractivity contribution in [1.29, 1.82) is 0 Å². The number of rotatable bonds is 5. The van der Waals surface area contributed by atoms with Crippen molar-refractivity contribution < 1.29 is 19.2 Å². The predicted molar refractivity (Wildman–Crippen MR) is 95.7 cm³/mol. The maximum atomic E-state index is 12.1. The fourth-order valence-electron chi connectivity index (χ4n) is 2.73. The summed E-state index contributed by atoms with van der Waals surface area (Å²) in [6, 6.07) is 11.1. The van der Waals surface area contributed by atoms with E-state index in [0.29, 0.717) is 23.5 Å². The van der Waals surface area contributed by atoms with Crippen LogP contribution in [0.2, 0.25) is 0 Å². The van der Waals surface area contributed by atoms with Crippen LogP contribution in [0.1, 0.15) is 32.9 Å². The number of esters is 1. The second-order valence-corrected chi connectivity index (χ2v) is 6.66. The van der Waals surface area contributed by atoms with Crippen molar-refractivity contribution >= 4 is 29.0 Å².